The van der Waals surface area contributed by atoms with Gasteiger partial charge in [0.15, 0.2) is 0 Å². The SMILES string of the molecule is C1=C(Cc2c[nH]c3ccccc23)NC(c2cccnc2)S1.Cl.Cl. The second kappa shape index (κ2) is 7.77. The minimum Gasteiger partial charge on any atom is -0.372 e. The van der Waals surface area contributed by atoms with Crippen LogP contribution in [0.4, 0.5) is 0 Å². The largest absolute Gasteiger partial charge is 0.372 e. The number of nitrogens with one attached hydrogen (secondary N) is 2. The number of thioether (sulfide) groups is 1. The summed E-state index contributed by atoms with van der Waals surface area (Å²) in [6, 6.07) is 12.5. The summed E-state index contributed by atoms with van der Waals surface area (Å²) in [5.74, 6) is 0. The first kappa shape index (κ1) is 17.7. The molecule has 4 rings (SSSR count). The van der Waals surface area contributed by atoms with Gasteiger partial charge in [0, 0.05) is 47.2 Å². The first-order valence-electron chi connectivity index (χ1n) is 6.96. The van der Waals surface area contributed by atoms with Crippen LogP contribution in [0.5, 0.6) is 0 Å². The Balaban J connectivity index is 0.000000960. The summed E-state index contributed by atoms with van der Waals surface area (Å²) < 4.78 is 0. The molecule has 0 fully saturated rings. The fourth-order valence-corrected chi connectivity index (χ4v) is 3.62. The van der Waals surface area contributed by atoms with Crippen LogP contribution in [0.1, 0.15) is 16.5 Å². The highest BCUT2D eigenvalue weighted by Gasteiger charge is 2.19. The number of aromatic amines is 1. The average Bonchev–Trinajstić information content (AvgIpc) is 3.17. The fraction of sp³-hybridized carbons (Fsp3) is 0.118. The maximum absolute atomic E-state index is 4.19. The molecule has 6 heteroatoms. The van der Waals surface area contributed by atoms with E-state index >= 15 is 0 Å². The van der Waals surface area contributed by atoms with Crippen LogP contribution >= 0.6 is 36.6 Å². The Labute approximate surface area is 151 Å². The summed E-state index contributed by atoms with van der Waals surface area (Å²) in [4.78, 5) is 7.52. The lowest BCUT2D eigenvalue weighted by atomic mass is 10.1. The van der Waals surface area contributed by atoms with Crippen molar-refractivity contribution in [2.45, 2.75) is 11.8 Å². The van der Waals surface area contributed by atoms with E-state index < -0.39 is 0 Å². The van der Waals surface area contributed by atoms with Gasteiger partial charge in [0.1, 0.15) is 5.37 Å². The topological polar surface area (TPSA) is 40.7 Å². The molecule has 0 aliphatic carbocycles. The smallest absolute Gasteiger partial charge is 0.103 e. The Morgan fingerprint density at radius 2 is 1.96 bits per heavy atom. The first-order chi connectivity index (χ1) is 10.4. The van der Waals surface area contributed by atoms with Gasteiger partial charge in [-0.2, -0.15) is 0 Å². The van der Waals surface area contributed by atoms with E-state index in [-0.39, 0.29) is 30.2 Å². The summed E-state index contributed by atoms with van der Waals surface area (Å²) in [5, 5.41) is 7.38. The quantitative estimate of drug-likeness (QED) is 0.698. The van der Waals surface area contributed by atoms with Crippen LogP contribution in [0.3, 0.4) is 0 Å². The van der Waals surface area contributed by atoms with Gasteiger partial charge >= 0.3 is 0 Å². The molecule has 1 aromatic carbocycles. The Morgan fingerprint density at radius 3 is 2.78 bits per heavy atom. The first-order valence-corrected chi connectivity index (χ1v) is 7.90. The van der Waals surface area contributed by atoms with Crippen LogP contribution in [-0.4, -0.2) is 9.97 Å². The zero-order valence-corrected chi connectivity index (χ0v) is 14.7. The van der Waals surface area contributed by atoms with E-state index in [9.17, 15) is 0 Å². The van der Waals surface area contributed by atoms with Gasteiger partial charge in [-0.15, -0.1) is 36.6 Å². The zero-order valence-electron chi connectivity index (χ0n) is 12.2. The van der Waals surface area contributed by atoms with Gasteiger partial charge in [-0.1, -0.05) is 24.3 Å². The number of halogens is 2. The van der Waals surface area contributed by atoms with Gasteiger partial charge in [0.05, 0.1) is 0 Å². The number of hydrogen-bond donors (Lipinski definition) is 2. The molecule has 3 heterocycles. The highest BCUT2D eigenvalue weighted by Crippen LogP contribution is 2.35. The standard InChI is InChI=1S/C17H15N3S.2ClH/c1-2-6-16-15(5-1)13(10-19-16)8-14-11-21-17(20-14)12-4-3-7-18-9-12;;/h1-7,9-11,17,19-20H,8H2;2*1H. The van der Waals surface area contributed by atoms with E-state index in [1.54, 1.807) is 0 Å². The molecule has 0 saturated carbocycles. The molecular weight excluding hydrogens is 349 g/mol. The third kappa shape index (κ3) is 3.66. The molecule has 120 valence electrons. The van der Waals surface area contributed by atoms with E-state index in [1.165, 1.54) is 27.7 Å². The van der Waals surface area contributed by atoms with Gasteiger partial charge in [0.25, 0.3) is 0 Å². The fourth-order valence-electron chi connectivity index (χ4n) is 2.66. The lowest BCUT2D eigenvalue weighted by Crippen LogP contribution is -2.14. The Kier molecular flexibility index (Phi) is 5.99. The molecule has 2 N–H and O–H groups in total. The predicted molar refractivity (Wildman–Crippen MR) is 102 cm³/mol. The highest BCUT2D eigenvalue weighted by atomic mass is 35.5. The van der Waals surface area contributed by atoms with Crippen molar-refractivity contribution in [2.24, 2.45) is 0 Å². The molecule has 3 aromatic rings. The van der Waals surface area contributed by atoms with Crippen molar-refractivity contribution in [3.63, 3.8) is 0 Å². The normalized spacial score (nSPS) is 16.2. The van der Waals surface area contributed by atoms with Crippen LogP contribution in [0, 0.1) is 0 Å². The maximum atomic E-state index is 4.19. The molecule has 0 bridgehead atoms. The minimum absolute atomic E-state index is 0. The van der Waals surface area contributed by atoms with E-state index in [1.807, 2.05) is 30.2 Å². The van der Waals surface area contributed by atoms with Gasteiger partial charge in [-0.25, -0.2) is 0 Å². The van der Waals surface area contributed by atoms with Crippen molar-refractivity contribution in [3.8, 4) is 0 Å². The van der Waals surface area contributed by atoms with Crippen molar-refractivity contribution in [2.75, 3.05) is 0 Å². The molecule has 3 nitrogen and oxygen atoms in total. The summed E-state index contributed by atoms with van der Waals surface area (Å²) in [6.45, 7) is 0. The summed E-state index contributed by atoms with van der Waals surface area (Å²) in [5.41, 5.74) is 5.01. The van der Waals surface area contributed by atoms with Gasteiger partial charge < -0.3 is 10.3 Å². The Hall–Kier alpha value is -1.62. The maximum Gasteiger partial charge on any atom is 0.103 e. The van der Waals surface area contributed by atoms with E-state index in [0.717, 1.165) is 6.42 Å². The second-order valence-electron chi connectivity index (χ2n) is 5.13. The third-order valence-electron chi connectivity index (χ3n) is 3.71. The van der Waals surface area contributed by atoms with Crippen molar-refractivity contribution in [1.29, 1.82) is 0 Å². The van der Waals surface area contributed by atoms with E-state index in [2.05, 4.69) is 57.2 Å². The number of H-pyrrole nitrogens is 1. The Bertz CT molecular complexity index is 802. The van der Waals surface area contributed by atoms with Crippen LogP contribution in [0.25, 0.3) is 10.9 Å². The van der Waals surface area contributed by atoms with Crippen molar-refractivity contribution >= 4 is 47.5 Å². The van der Waals surface area contributed by atoms with Gasteiger partial charge in [0.2, 0.25) is 0 Å². The number of rotatable bonds is 3. The number of fused-ring (bicyclic) bond motifs is 1. The molecule has 0 radical (unpaired) electrons. The molecule has 1 aliphatic heterocycles. The number of hydrogen-bond acceptors (Lipinski definition) is 3. The molecule has 23 heavy (non-hydrogen) atoms. The number of allylic oxidation sites excluding steroid dienone is 1. The number of aromatic nitrogens is 2. The number of benzene rings is 1. The summed E-state index contributed by atoms with van der Waals surface area (Å²) >= 11 is 1.81. The lowest BCUT2D eigenvalue weighted by molar-refractivity contribution is 0.781. The minimum atomic E-state index is 0. The Morgan fingerprint density at radius 1 is 1.09 bits per heavy atom. The van der Waals surface area contributed by atoms with Crippen LogP contribution in [-0.2, 0) is 6.42 Å². The average molecular weight is 366 g/mol. The molecule has 1 atom stereocenters. The van der Waals surface area contributed by atoms with Crippen LogP contribution in [0.15, 0.2) is 66.1 Å². The highest BCUT2D eigenvalue weighted by molar-refractivity contribution is 8.02. The molecule has 0 spiro atoms. The predicted octanol–water partition coefficient (Wildman–Crippen LogP) is 4.83. The van der Waals surface area contributed by atoms with Crippen LogP contribution < -0.4 is 5.32 Å². The summed E-state index contributed by atoms with van der Waals surface area (Å²) in [6.07, 6.45) is 6.76. The molecule has 2 aromatic heterocycles. The zero-order chi connectivity index (χ0) is 14.1. The van der Waals surface area contributed by atoms with Crippen LogP contribution in [0.2, 0.25) is 0 Å². The molecule has 0 amide bonds. The summed E-state index contributed by atoms with van der Waals surface area (Å²) in [7, 11) is 0. The van der Waals surface area contributed by atoms with Crippen molar-refractivity contribution in [1.82, 2.24) is 15.3 Å². The molecule has 1 unspecified atom stereocenters. The van der Waals surface area contributed by atoms with Crippen molar-refractivity contribution < 1.29 is 0 Å². The number of para-hydroxylation sites is 1. The van der Waals surface area contributed by atoms with Gasteiger partial charge in [-0.3, -0.25) is 4.98 Å². The molecule has 1 aliphatic rings. The monoisotopic (exact) mass is 365 g/mol. The number of nitrogens with zero attached hydrogens (tertiary/aromatic N) is 1. The molecule has 0 saturated heterocycles. The van der Waals surface area contributed by atoms with Gasteiger partial charge in [-0.05, 0) is 23.1 Å². The second-order valence-corrected chi connectivity index (χ2v) is 6.11. The lowest BCUT2D eigenvalue weighted by Gasteiger charge is -2.12. The molecular formula is C17H17Cl2N3S. The third-order valence-corrected chi connectivity index (χ3v) is 4.79. The number of pyridine rings is 1. The van der Waals surface area contributed by atoms with E-state index in [4.69, 9.17) is 0 Å². The van der Waals surface area contributed by atoms with E-state index in [0.29, 0.717) is 0 Å². The van der Waals surface area contributed by atoms with Crippen molar-refractivity contribution in [3.05, 3.63) is 77.2 Å².